The molecular formula is C30H33F4NO4. The Morgan fingerprint density at radius 2 is 1.74 bits per heavy atom. The molecule has 5 nitrogen and oxygen atoms in total. The van der Waals surface area contributed by atoms with Gasteiger partial charge in [0, 0.05) is 12.1 Å². The zero-order valence-corrected chi connectivity index (χ0v) is 22.3. The first-order valence-corrected chi connectivity index (χ1v) is 12.5. The minimum Gasteiger partial charge on any atom is -0.478 e. The van der Waals surface area contributed by atoms with Crippen LogP contribution in [0.1, 0.15) is 59.5 Å². The largest absolute Gasteiger partial charge is 0.478 e. The zero-order chi connectivity index (χ0) is 29.0. The van der Waals surface area contributed by atoms with E-state index in [0.29, 0.717) is 11.1 Å². The number of nitrogens with one attached hydrogen (secondary N) is 1. The average molecular weight is 548 g/mol. The number of ether oxygens (including phenoxy) is 1. The van der Waals surface area contributed by atoms with Gasteiger partial charge in [0.1, 0.15) is 5.82 Å². The van der Waals surface area contributed by atoms with Crippen molar-refractivity contribution in [2.45, 2.75) is 58.0 Å². The molecule has 3 aromatic carbocycles. The van der Waals surface area contributed by atoms with Crippen molar-refractivity contribution in [1.29, 1.82) is 0 Å². The third-order valence-electron chi connectivity index (χ3n) is 6.51. The summed E-state index contributed by atoms with van der Waals surface area (Å²) in [4.78, 5) is 11.4. The van der Waals surface area contributed by atoms with Crippen LogP contribution in [0.2, 0.25) is 0 Å². The Bertz CT molecular complexity index is 1310. The minimum atomic E-state index is -4.75. The number of rotatable bonds is 11. The fourth-order valence-electron chi connectivity index (χ4n) is 4.46. The van der Waals surface area contributed by atoms with Gasteiger partial charge in [0.2, 0.25) is 0 Å². The van der Waals surface area contributed by atoms with Gasteiger partial charge < -0.3 is 20.3 Å². The van der Waals surface area contributed by atoms with Crippen LogP contribution >= 0.6 is 0 Å². The van der Waals surface area contributed by atoms with E-state index in [1.54, 1.807) is 19.1 Å². The number of aliphatic hydroxyl groups excluding tert-OH is 1. The summed E-state index contributed by atoms with van der Waals surface area (Å²) in [6.07, 6.45) is -5.75. The maximum Gasteiger partial charge on any atom is 0.419 e. The lowest BCUT2D eigenvalue weighted by Crippen LogP contribution is -2.46. The van der Waals surface area contributed by atoms with Crippen LogP contribution in [0.5, 0.6) is 0 Å². The summed E-state index contributed by atoms with van der Waals surface area (Å²) in [5.74, 6) is -2.30. The van der Waals surface area contributed by atoms with E-state index >= 15 is 0 Å². The fourth-order valence-corrected chi connectivity index (χ4v) is 4.46. The average Bonchev–Trinajstić information content (AvgIpc) is 2.84. The Morgan fingerprint density at radius 1 is 1.05 bits per heavy atom. The SMILES string of the molecule is Cc1cc(-c2ccccc2[C@@H](C)OC[C@H](O)CNC(C)(C)Cc2ccc(C(F)(F)F)c(F)c2)ccc1C(=O)O. The molecule has 0 radical (unpaired) electrons. The second-order valence-electron chi connectivity index (χ2n) is 10.3. The summed E-state index contributed by atoms with van der Waals surface area (Å²) < 4.78 is 58.3. The molecule has 0 saturated carbocycles. The predicted octanol–water partition coefficient (Wildman–Crippen LogP) is 6.57. The molecular weight excluding hydrogens is 514 g/mol. The number of carbonyl (C=O) groups is 1. The number of carboxylic acids is 1. The number of aromatic carboxylic acids is 1. The lowest BCUT2D eigenvalue weighted by molar-refractivity contribution is -0.140. The van der Waals surface area contributed by atoms with Crippen molar-refractivity contribution in [2.24, 2.45) is 0 Å². The first kappa shape index (κ1) is 30.3. The van der Waals surface area contributed by atoms with Gasteiger partial charge in [0.15, 0.2) is 0 Å². The van der Waals surface area contributed by atoms with Crippen LogP contribution in [-0.2, 0) is 17.3 Å². The molecule has 0 aromatic heterocycles. The molecule has 3 aromatic rings. The van der Waals surface area contributed by atoms with E-state index in [0.717, 1.165) is 28.8 Å². The molecule has 39 heavy (non-hydrogen) atoms. The Hall–Kier alpha value is -3.27. The van der Waals surface area contributed by atoms with Gasteiger partial charge >= 0.3 is 12.1 Å². The summed E-state index contributed by atoms with van der Waals surface area (Å²) in [5.41, 5.74) is 1.98. The van der Waals surface area contributed by atoms with Gasteiger partial charge in [0.25, 0.3) is 0 Å². The van der Waals surface area contributed by atoms with Crippen LogP contribution in [0.3, 0.4) is 0 Å². The predicted molar refractivity (Wildman–Crippen MR) is 141 cm³/mol. The van der Waals surface area contributed by atoms with Gasteiger partial charge in [-0.25, -0.2) is 9.18 Å². The quantitative estimate of drug-likeness (QED) is 0.237. The van der Waals surface area contributed by atoms with E-state index < -0.39 is 35.2 Å². The first-order chi connectivity index (χ1) is 18.2. The van der Waals surface area contributed by atoms with Crippen LogP contribution in [0.25, 0.3) is 11.1 Å². The molecule has 9 heteroatoms. The van der Waals surface area contributed by atoms with E-state index in [2.05, 4.69) is 5.32 Å². The minimum absolute atomic E-state index is 0.0183. The molecule has 210 valence electrons. The molecule has 0 bridgehead atoms. The van der Waals surface area contributed by atoms with E-state index in [-0.39, 0.29) is 31.2 Å². The number of hydrogen-bond donors (Lipinski definition) is 3. The highest BCUT2D eigenvalue weighted by atomic mass is 19.4. The van der Waals surface area contributed by atoms with Crippen LogP contribution in [0.15, 0.2) is 60.7 Å². The third kappa shape index (κ3) is 8.11. The molecule has 3 rings (SSSR count). The van der Waals surface area contributed by atoms with E-state index in [1.165, 1.54) is 6.07 Å². The van der Waals surface area contributed by atoms with Crippen molar-refractivity contribution in [2.75, 3.05) is 13.2 Å². The molecule has 0 aliphatic carbocycles. The van der Waals surface area contributed by atoms with Crippen molar-refractivity contribution >= 4 is 5.97 Å². The number of aryl methyl sites for hydroxylation is 1. The van der Waals surface area contributed by atoms with Gasteiger partial charge in [-0.15, -0.1) is 0 Å². The molecule has 0 heterocycles. The Labute approximate surface area is 225 Å². The molecule has 0 aliphatic rings. The molecule has 0 aliphatic heterocycles. The smallest absolute Gasteiger partial charge is 0.419 e. The Balaban J connectivity index is 1.58. The van der Waals surface area contributed by atoms with Crippen molar-refractivity contribution in [3.63, 3.8) is 0 Å². The molecule has 0 amide bonds. The lowest BCUT2D eigenvalue weighted by atomic mass is 9.93. The number of carboxylic acid groups (broad SMARTS) is 1. The summed E-state index contributed by atoms with van der Waals surface area (Å²) in [7, 11) is 0. The Kier molecular flexibility index (Phi) is 9.53. The number of β-amino-alcohol motifs (C(OH)–C–C–N with tert-alkyl or cyclic N) is 1. The second kappa shape index (κ2) is 12.3. The second-order valence-corrected chi connectivity index (χ2v) is 10.3. The highest BCUT2D eigenvalue weighted by molar-refractivity contribution is 5.90. The topological polar surface area (TPSA) is 78.8 Å². The van der Waals surface area contributed by atoms with Gasteiger partial charge in [-0.1, -0.05) is 42.5 Å². The highest BCUT2D eigenvalue weighted by Crippen LogP contribution is 2.33. The third-order valence-corrected chi connectivity index (χ3v) is 6.51. The van der Waals surface area contributed by atoms with Crippen LogP contribution < -0.4 is 5.32 Å². The summed E-state index contributed by atoms with van der Waals surface area (Å²) in [6.45, 7) is 7.40. The number of halogens is 4. The van der Waals surface area contributed by atoms with Crippen LogP contribution in [0, 0.1) is 12.7 Å². The highest BCUT2D eigenvalue weighted by Gasteiger charge is 2.34. The van der Waals surface area contributed by atoms with Crippen LogP contribution in [0.4, 0.5) is 17.6 Å². The molecule has 0 fully saturated rings. The van der Waals surface area contributed by atoms with Gasteiger partial charge in [-0.05, 0) is 80.1 Å². The van der Waals surface area contributed by atoms with E-state index in [9.17, 15) is 32.6 Å². The number of aliphatic hydroxyl groups is 1. The van der Waals surface area contributed by atoms with Crippen molar-refractivity contribution < 1.29 is 37.3 Å². The maximum absolute atomic E-state index is 13.9. The fraction of sp³-hybridized carbons (Fsp3) is 0.367. The molecule has 0 spiro atoms. The number of hydrogen-bond acceptors (Lipinski definition) is 4. The normalized spacial score (nSPS) is 13.8. The van der Waals surface area contributed by atoms with Crippen molar-refractivity contribution in [3.05, 3.63) is 94.3 Å². The monoisotopic (exact) mass is 547 g/mol. The Morgan fingerprint density at radius 3 is 2.36 bits per heavy atom. The van der Waals surface area contributed by atoms with Gasteiger partial charge in [-0.3, -0.25) is 0 Å². The summed E-state index contributed by atoms with van der Waals surface area (Å²) >= 11 is 0. The maximum atomic E-state index is 13.9. The van der Waals surface area contributed by atoms with E-state index in [4.69, 9.17) is 4.74 Å². The molecule has 3 N–H and O–H groups in total. The van der Waals surface area contributed by atoms with Crippen molar-refractivity contribution in [1.82, 2.24) is 5.32 Å². The number of benzene rings is 3. The zero-order valence-electron chi connectivity index (χ0n) is 22.3. The van der Waals surface area contributed by atoms with Gasteiger partial charge in [-0.2, -0.15) is 13.2 Å². The number of alkyl halides is 3. The molecule has 2 atom stereocenters. The van der Waals surface area contributed by atoms with Crippen LogP contribution in [-0.4, -0.2) is 41.0 Å². The summed E-state index contributed by atoms with van der Waals surface area (Å²) in [6, 6.07) is 15.6. The lowest BCUT2D eigenvalue weighted by Gasteiger charge is -2.28. The summed E-state index contributed by atoms with van der Waals surface area (Å²) in [5, 5.41) is 23.0. The molecule has 0 saturated heterocycles. The van der Waals surface area contributed by atoms with E-state index in [1.807, 2.05) is 51.1 Å². The van der Waals surface area contributed by atoms with Gasteiger partial charge in [0.05, 0.1) is 29.9 Å². The standard InChI is InChI=1S/C30H33F4NO4/c1-18-13-21(10-11-23(18)28(37)38)25-8-6-5-7-24(25)19(2)39-17-22(36)16-35-29(3,4)15-20-9-12-26(27(31)14-20)30(32,33)34/h5-14,19,22,35-36H,15-17H2,1-4H3,(H,37,38)/t19-,22-/m1/s1. The van der Waals surface area contributed by atoms with Crippen molar-refractivity contribution in [3.8, 4) is 11.1 Å². The first-order valence-electron chi connectivity index (χ1n) is 12.5. The molecule has 0 unspecified atom stereocenters.